The number of carbonyl (C=O) groups is 3. The molecular weight excluding hydrogens is 421 g/mol. The summed E-state index contributed by atoms with van der Waals surface area (Å²) in [6.45, 7) is 1.89. The molecule has 1 aromatic rings. The molecule has 1 aliphatic rings. The first-order valence-corrected chi connectivity index (χ1v) is 10.5. The maximum atomic E-state index is 12.1. The summed E-state index contributed by atoms with van der Waals surface area (Å²) in [5.41, 5.74) is 3.01. The van der Waals surface area contributed by atoms with Crippen LogP contribution in [0.25, 0.3) is 0 Å². The zero-order valence-electron chi connectivity index (χ0n) is 16.7. The van der Waals surface area contributed by atoms with Crippen molar-refractivity contribution >= 4 is 59.2 Å². The summed E-state index contributed by atoms with van der Waals surface area (Å²) in [5, 5.41) is 0.658. The van der Waals surface area contributed by atoms with Crippen molar-refractivity contribution in [2.75, 3.05) is 0 Å². The van der Waals surface area contributed by atoms with Crippen LogP contribution in [-0.4, -0.2) is 53.9 Å². The summed E-state index contributed by atoms with van der Waals surface area (Å²) in [5.74, 6) is -1.04. The first-order chi connectivity index (χ1) is 14.0. The number of ether oxygens (including phenoxy) is 2. The Morgan fingerprint density at radius 1 is 1.13 bits per heavy atom. The summed E-state index contributed by atoms with van der Waals surface area (Å²) in [4.78, 5) is 40.4. The molecule has 0 saturated heterocycles. The van der Waals surface area contributed by atoms with Crippen molar-refractivity contribution in [1.82, 2.24) is 5.48 Å². The second kappa shape index (κ2) is 14.7. The molecule has 30 heavy (non-hydrogen) atoms. The molecule has 1 aliphatic carbocycles. The van der Waals surface area contributed by atoms with Crippen molar-refractivity contribution in [2.45, 2.75) is 71.0 Å². The molecular formula is C21H29ClNNaO6. The number of benzene rings is 1. The number of nitrogens with one attached hydrogen (secondary N) is 1. The molecule has 1 N–H and O–H groups in total. The Morgan fingerprint density at radius 3 is 2.43 bits per heavy atom. The predicted molar refractivity (Wildman–Crippen MR) is 114 cm³/mol. The van der Waals surface area contributed by atoms with E-state index in [9.17, 15) is 14.4 Å². The fourth-order valence-corrected chi connectivity index (χ4v) is 3.27. The molecule has 162 valence electrons. The second-order valence-electron chi connectivity index (χ2n) is 7.10. The molecule has 1 aromatic carbocycles. The Kier molecular flexibility index (Phi) is 13.1. The van der Waals surface area contributed by atoms with Crippen LogP contribution >= 0.6 is 11.6 Å². The molecule has 0 heterocycles. The minimum absolute atomic E-state index is 0. The Bertz CT molecular complexity index is 679. The molecule has 1 saturated carbocycles. The number of carbonyl (C=O) groups excluding carboxylic acids is 3. The van der Waals surface area contributed by atoms with E-state index in [1.165, 1.54) is 0 Å². The van der Waals surface area contributed by atoms with Crippen LogP contribution in [0, 0.1) is 5.92 Å². The van der Waals surface area contributed by atoms with E-state index in [-0.39, 0.29) is 47.9 Å². The zero-order valence-corrected chi connectivity index (χ0v) is 17.4. The van der Waals surface area contributed by atoms with E-state index < -0.39 is 18.4 Å². The summed E-state index contributed by atoms with van der Waals surface area (Å²) < 4.78 is 10.4. The van der Waals surface area contributed by atoms with Crippen LogP contribution in [0.4, 0.5) is 4.79 Å². The molecule has 0 aliphatic heterocycles. The standard InChI is InChI=1S/C21H28ClNO6.Na.H/c1-2-6-19(27-20(25)16-8-3-4-9-16)28-21(26)23-29-18(24)10-5-7-15-11-13-17(22)14-12-15;;/h11-14,16,19H,2-10H2,1H3,(H,23,26);;. The molecule has 1 atom stereocenters. The van der Waals surface area contributed by atoms with Gasteiger partial charge in [-0.3, -0.25) is 4.79 Å². The van der Waals surface area contributed by atoms with Crippen molar-refractivity contribution in [3.8, 4) is 0 Å². The SMILES string of the molecule is CCCC(OC(=O)NOC(=O)CCCc1ccc(Cl)cc1)OC(=O)C1CCCC1.[NaH]. The molecule has 1 fully saturated rings. The summed E-state index contributed by atoms with van der Waals surface area (Å²) >= 11 is 5.83. The van der Waals surface area contributed by atoms with Crippen LogP contribution < -0.4 is 5.48 Å². The van der Waals surface area contributed by atoms with Crippen molar-refractivity contribution in [1.29, 1.82) is 0 Å². The van der Waals surface area contributed by atoms with E-state index in [1.54, 1.807) is 12.1 Å². The van der Waals surface area contributed by atoms with E-state index >= 15 is 0 Å². The number of rotatable bonds is 9. The van der Waals surface area contributed by atoms with E-state index in [4.69, 9.17) is 25.9 Å². The molecule has 1 unspecified atom stereocenters. The van der Waals surface area contributed by atoms with Crippen LogP contribution in [0.2, 0.25) is 5.02 Å². The van der Waals surface area contributed by atoms with Gasteiger partial charge in [0.1, 0.15) is 0 Å². The van der Waals surface area contributed by atoms with Crippen LogP contribution in [0.15, 0.2) is 24.3 Å². The Morgan fingerprint density at radius 2 is 1.80 bits per heavy atom. The van der Waals surface area contributed by atoms with Gasteiger partial charge in [-0.15, -0.1) is 5.48 Å². The number of hydroxylamine groups is 1. The average Bonchev–Trinajstić information content (AvgIpc) is 3.23. The minimum atomic E-state index is -0.989. The molecule has 1 amide bonds. The molecule has 0 radical (unpaired) electrons. The first-order valence-electron chi connectivity index (χ1n) is 10.1. The molecule has 0 spiro atoms. The molecule has 7 nitrogen and oxygen atoms in total. The van der Waals surface area contributed by atoms with E-state index in [1.807, 2.05) is 24.5 Å². The molecule has 2 rings (SSSR count). The predicted octanol–water partition coefficient (Wildman–Crippen LogP) is 4.06. The fraction of sp³-hybridized carbons (Fsp3) is 0.571. The van der Waals surface area contributed by atoms with Gasteiger partial charge in [0.2, 0.25) is 6.29 Å². The van der Waals surface area contributed by atoms with Gasteiger partial charge in [-0.25, -0.2) is 9.59 Å². The van der Waals surface area contributed by atoms with Crippen LogP contribution in [0.5, 0.6) is 0 Å². The normalized spacial score (nSPS) is 14.3. The average molecular weight is 450 g/mol. The quantitative estimate of drug-likeness (QED) is 0.264. The molecule has 0 aromatic heterocycles. The number of halogens is 1. The van der Waals surface area contributed by atoms with Gasteiger partial charge in [0.05, 0.1) is 5.92 Å². The van der Waals surface area contributed by atoms with Gasteiger partial charge in [0, 0.05) is 17.9 Å². The van der Waals surface area contributed by atoms with Gasteiger partial charge in [-0.1, -0.05) is 43.5 Å². The third kappa shape index (κ3) is 10.2. The van der Waals surface area contributed by atoms with Crippen molar-refractivity contribution in [3.05, 3.63) is 34.9 Å². The van der Waals surface area contributed by atoms with Gasteiger partial charge in [0.15, 0.2) is 0 Å². The van der Waals surface area contributed by atoms with Gasteiger partial charge >= 0.3 is 47.6 Å². The summed E-state index contributed by atoms with van der Waals surface area (Å²) in [6, 6.07) is 7.37. The first kappa shape index (κ1) is 26.8. The topological polar surface area (TPSA) is 90.9 Å². The number of aryl methyl sites for hydroxylation is 1. The Labute approximate surface area is 204 Å². The summed E-state index contributed by atoms with van der Waals surface area (Å²) in [7, 11) is 0. The van der Waals surface area contributed by atoms with Crippen molar-refractivity contribution in [3.63, 3.8) is 0 Å². The fourth-order valence-electron chi connectivity index (χ4n) is 3.15. The number of hydrogen-bond acceptors (Lipinski definition) is 6. The van der Waals surface area contributed by atoms with E-state index in [0.717, 1.165) is 31.2 Å². The molecule has 9 heteroatoms. The Balaban J connectivity index is 0.00000450. The van der Waals surface area contributed by atoms with Crippen LogP contribution in [-0.2, 0) is 30.3 Å². The third-order valence-electron chi connectivity index (χ3n) is 4.71. The second-order valence-corrected chi connectivity index (χ2v) is 7.53. The molecule has 0 bridgehead atoms. The van der Waals surface area contributed by atoms with E-state index in [0.29, 0.717) is 30.7 Å². The van der Waals surface area contributed by atoms with Gasteiger partial charge in [-0.05, 0) is 49.8 Å². The van der Waals surface area contributed by atoms with Gasteiger partial charge in [-0.2, -0.15) is 0 Å². The monoisotopic (exact) mass is 449 g/mol. The number of esters is 1. The van der Waals surface area contributed by atoms with E-state index in [2.05, 4.69) is 0 Å². The maximum absolute atomic E-state index is 12.1. The van der Waals surface area contributed by atoms with Gasteiger partial charge < -0.3 is 14.3 Å². The number of amides is 1. The van der Waals surface area contributed by atoms with Crippen LogP contribution in [0.3, 0.4) is 0 Å². The van der Waals surface area contributed by atoms with Gasteiger partial charge in [0.25, 0.3) is 0 Å². The Hall–Kier alpha value is -1.28. The van der Waals surface area contributed by atoms with Crippen molar-refractivity contribution < 1.29 is 28.7 Å². The zero-order chi connectivity index (χ0) is 21.1. The van der Waals surface area contributed by atoms with Crippen molar-refractivity contribution in [2.24, 2.45) is 5.92 Å². The third-order valence-corrected chi connectivity index (χ3v) is 4.96. The van der Waals surface area contributed by atoms with Crippen LogP contribution in [0.1, 0.15) is 63.9 Å². The number of hydrogen-bond donors (Lipinski definition) is 1. The summed E-state index contributed by atoms with van der Waals surface area (Å²) in [6.07, 6.45) is 4.10.